The van der Waals surface area contributed by atoms with Gasteiger partial charge in [-0.3, -0.25) is 4.90 Å². The Morgan fingerprint density at radius 3 is 2.59 bits per heavy atom. The van der Waals surface area contributed by atoms with Crippen LogP contribution in [0.1, 0.15) is 36.1 Å². The lowest BCUT2D eigenvalue weighted by Crippen LogP contribution is -2.38. The SMILES string of the molecule is CC(C)(C#Cc1ccc2c(c1)CNN2)N1Cc2ccc(S(C)(=O)=O)cc2C1. The predicted molar refractivity (Wildman–Crippen MR) is 107 cm³/mol. The van der Waals surface area contributed by atoms with Gasteiger partial charge in [0.25, 0.3) is 0 Å². The number of rotatable bonds is 2. The van der Waals surface area contributed by atoms with Crippen LogP contribution in [0.15, 0.2) is 41.3 Å². The summed E-state index contributed by atoms with van der Waals surface area (Å²) in [6.45, 7) is 6.51. The average Bonchev–Trinajstić information content (AvgIpc) is 3.25. The number of nitrogens with zero attached hydrogens (tertiary/aromatic N) is 1. The number of sulfone groups is 1. The van der Waals surface area contributed by atoms with Gasteiger partial charge < -0.3 is 5.43 Å². The highest BCUT2D eigenvalue weighted by Crippen LogP contribution is 2.31. The topological polar surface area (TPSA) is 61.4 Å². The molecule has 2 heterocycles. The van der Waals surface area contributed by atoms with Gasteiger partial charge in [0.2, 0.25) is 0 Å². The summed E-state index contributed by atoms with van der Waals surface area (Å²) in [5, 5.41) is 0. The molecule has 2 aliphatic rings. The summed E-state index contributed by atoms with van der Waals surface area (Å²) in [7, 11) is -3.19. The molecule has 0 unspecified atom stereocenters. The molecule has 140 valence electrons. The van der Waals surface area contributed by atoms with Crippen LogP contribution in [0, 0.1) is 11.8 Å². The van der Waals surface area contributed by atoms with Crippen molar-refractivity contribution in [2.24, 2.45) is 0 Å². The van der Waals surface area contributed by atoms with Crippen molar-refractivity contribution in [3.05, 3.63) is 58.7 Å². The Morgan fingerprint density at radius 1 is 1.04 bits per heavy atom. The first-order valence-electron chi connectivity index (χ1n) is 8.94. The van der Waals surface area contributed by atoms with Crippen LogP contribution in [0.3, 0.4) is 0 Å². The van der Waals surface area contributed by atoms with Gasteiger partial charge in [-0.05, 0) is 60.9 Å². The van der Waals surface area contributed by atoms with Gasteiger partial charge in [0.1, 0.15) is 0 Å². The average molecular weight is 382 g/mol. The fourth-order valence-electron chi connectivity index (χ4n) is 3.48. The lowest BCUT2D eigenvalue weighted by molar-refractivity contribution is 0.171. The minimum atomic E-state index is -3.19. The number of nitrogens with one attached hydrogen (secondary N) is 2. The monoisotopic (exact) mass is 381 g/mol. The first-order chi connectivity index (χ1) is 12.7. The number of hydrazine groups is 1. The maximum atomic E-state index is 11.8. The quantitative estimate of drug-likeness (QED) is 0.783. The predicted octanol–water partition coefficient (Wildman–Crippen LogP) is 2.67. The van der Waals surface area contributed by atoms with Crippen LogP contribution < -0.4 is 10.9 Å². The van der Waals surface area contributed by atoms with Crippen LogP contribution >= 0.6 is 0 Å². The summed E-state index contributed by atoms with van der Waals surface area (Å²) in [4.78, 5) is 2.67. The van der Waals surface area contributed by atoms with E-state index in [1.807, 2.05) is 18.2 Å². The largest absolute Gasteiger partial charge is 0.321 e. The third-order valence-corrected chi connectivity index (χ3v) is 6.35. The maximum absolute atomic E-state index is 11.8. The van der Waals surface area contributed by atoms with E-state index in [-0.39, 0.29) is 5.54 Å². The molecule has 2 aliphatic heterocycles. The fraction of sp³-hybridized carbons (Fsp3) is 0.333. The van der Waals surface area contributed by atoms with Gasteiger partial charge >= 0.3 is 0 Å². The highest BCUT2D eigenvalue weighted by atomic mass is 32.2. The standard InChI is InChI=1S/C21H23N3O2S/c1-21(2,9-8-15-4-7-20-17(10-15)12-22-23-20)24-13-16-5-6-19(27(3,25)26)11-18(16)14-24/h4-7,10-11,22-23H,12-14H2,1-3H3. The van der Waals surface area contributed by atoms with E-state index in [0.29, 0.717) is 11.4 Å². The number of hydrogen-bond donors (Lipinski definition) is 2. The molecular weight excluding hydrogens is 358 g/mol. The van der Waals surface area contributed by atoms with E-state index in [1.54, 1.807) is 12.1 Å². The zero-order valence-corrected chi connectivity index (χ0v) is 16.6. The Balaban J connectivity index is 1.55. The van der Waals surface area contributed by atoms with Crippen LogP contribution in [0.2, 0.25) is 0 Å². The summed E-state index contributed by atoms with van der Waals surface area (Å²) in [5.41, 5.74) is 11.5. The zero-order valence-electron chi connectivity index (χ0n) is 15.8. The molecule has 0 aliphatic carbocycles. The molecule has 0 saturated carbocycles. The number of benzene rings is 2. The molecule has 0 atom stereocenters. The number of hydrogen-bond acceptors (Lipinski definition) is 5. The molecular formula is C21H23N3O2S. The molecule has 4 rings (SSSR count). The smallest absolute Gasteiger partial charge is 0.175 e. The Hall–Kier alpha value is -2.33. The van der Waals surface area contributed by atoms with Crippen molar-refractivity contribution in [2.75, 3.05) is 11.7 Å². The van der Waals surface area contributed by atoms with E-state index >= 15 is 0 Å². The van der Waals surface area contributed by atoms with Crippen molar-refractivity contribution in [3.8, 4) is 11.8 Å². The van der Waals surface area contributed by atoms with Crippen molar-refractivity contribution >= 4 is 15.5 Å². The molecule has 0 saturated heterocycles. The van der Waals surface area contributed by atoms with Crippen LogP contribution in [0.25, 0.3) is 0 Å². The third-order valence-electron chi connectivity index (χ3n) is 5.24. The lowest BCUT2D eigenvalue weighted by Gasteiger charge is -2.30. The van der Waals surface area contributed by atoms with E-state index in [1.165, 1.54) is 17.4 Å². The summed E-state index contributed by atoms with van der Waals surface area (Å²) < 4.78 is 23.6. The Labute approximate surface area is 160 Å². The Morgan fingerprint density at radius 2 is 1.81 bits per heavy atom. The van der Waals surface area contributed by atoms with E-state index in [0.717, 1.165) is 29.9 Å². The molecule has 0 bridgehead atoms. The van der Waals surface area contributed by atoms with Gasteiger partial charge in [0, 0.05) is 31.5 Å². The van der Waals surface area contributed by atoms with Gasteiger partial charge in [-0.2, -0.15) is 0 Å². The fourth-order valence-corrected chi connectivity index (χ4v) is 4.15. The zero-order chi connectivity index (χ0) is 19.2. The molecule has 2 aromatic carbocycles. The van der Waals surface area contributed by atoms with Gasteiger partial charge in [-0.15, -0.1) is 0 Å². The summed E-state index contributed by atoms with van der Waals surface area (Å²) in [5.74, 6) is 6.72. The molecule has 2 N–H and O–H groups in total. The highest BCUT2D eigenvalue weighted by Gasteiger charge is 2.31. The van der Waals surface area contributed by atoms with Crippen molar-refractivity contribution in [1.82, 2.24) is 10.3 Å². The van der Waals surface area contributed by atoms with Gasteiger partial charge in [-0.1, -0.05) is 17.9 Å². The molecule has 0 amide bonds. The van der Waals surface area contributed by atoms with Crippen LogP contribution in [-0.2, 0) is 29.5 Å². The summed E-state index contributed by atoms with van der Waals surface area (Å²) in [6, 6.07) is 11.6. The van der Waals surface area contributed by atoms with E-state index in [4.69, 9.17) is 0 Å². The second kappa shape index (κ2) is 6.38. The van der Waals surface area contributed by atoms with Crippen molar-refractivity contribution in [1.29, 1.82) is 0 Å². The van der Waals surface area contributed by atoms with Crippen molar-refractivity contribution in [3.63, 3.8) is 0 Å². The van der Waals surface area contributed by atoms with Gasteiger partial charge in [-0.25, -0.2) is 13.8 Å². The first-order valence-corrected chi connectivity index (χ1v) is 10.8. The molecule has 6 heteroatoms. The Bertz CT molecular complexity index is 1080. The van der Waals surface area contributed by atoms with Crippen LogP contribution in [0.4, 0.5) is 5.69 Å². The molecule has 0 radical (unpaired) electrons. The van der Waals surface area contributed by atoms with E-state index in [9.17, 15) is 8.42 Å². The second-order valence-corrected chi connectivity index (χ2v) is 9.73. The molecule has 0 fully saturated rings. The lowest BCUT2D eigenvalue weighted by atomic mass is 10.0. The summed E-state index contributed by atoms with van der Waals surface area (Å²) >= 11 is 0. The second-order valence-electron chi connectivity index (χ2n) is 7.72. The normalized spacial score (nSPS) is 16.3. The number of anilines is 1. The minimum absolute atomic E-state index is 0.320. The molecule has 0 aromatic heterocycles. The van der Waals surface area contributed by atoms with E-state index < -0.39 is 9.84 Å². The van der Waals surface area contributed by atoms with Gasteiger partial charge in [0.15, 0.2) is 9.84 Å². The summed E-state index contributed by atoms with van der Waals surface area (Å²) in [6.07, 6.45) is 1.25. The van der Waals surface area contributed by atoms with Crippen LogP contribution in [-0.4, -0.2) is 25.1 Å². The number of fused-ring (bicyclic) bond motifs is 2. The van der Waals surface area contributed by atoms with Crippen molar-refractivity contribution in [2.45, 2.75) is 43.9 Å². The molecule has 0 spiro atoms. The van der Waals surface area contributed by atoms with Crippen LogP contribution in [0.5, 0.6) is 0 Å². The minimum Gasteiger partial charge on any atom is -0.321 e. The van der Waals surface area contributed by atoms with Gasteiger partial charge in [0.05, 0.1) is 16.1 Å². The highest BCUT2D eigenvalue weighted by molar-refractivity contribution is 7.90. The first kappa shape index (κ1) is 18.1. The Kier molecular flexibility index (Phi) is 4.26. The van der Waals surface area contributed by atoms with E-state index in [2.05, 4.69) is 47.5 Å². The molecule has 27 heavy (non-hydrogen) atoms. The molecule has 2 aromatic rings. The molecule has 5 nitrogen and oxygen atoms in total. The third kappa shape index (κ3) is 3.59. The van der Waals surface area contributed by atoms with Crippen molar-refractivity contribution < 1.29 is 8.42 Å². The maximum Gasteiger partial charge on any atom is 0.175 e.